The number of ether oxygens (including phenoxy) is 1. The molecule has 8 nitrogen and oxygen atoms in total. The lowest BCUT2D eigenvalue weighted by atomic mass is 10.1. The number of morpholine rings is 1. The van der Waals surface area contributed by atoms with Gasteiger partial charge in [0.05, 0.1) is 17.5 Å². The van der Waals surface area contributed by atoms with Crippen LogP contribution in [0.15, 0.2) is 18.2 Å². The first-order chi connectivity index (χ1) is 14.0. The molecule has 1 saturated heterocycles. The Morgan fingerprint density at radius 3 is 2.30 bits per heavy atom. The first-order valence-electron chi connectivity index (χ1n) is 10.3. The second-order valence-electron chi connectivity index (χ2n) is 8.18. The molecular weight excluding hydrogens is 406 g/mol. The zero-order valence-corrected chi connectivity index (χ0v) is 19.2. The van der Waals surface area contributed by atoms with Gasteiger partial charge in [0.2, 0.25) is 21.8 Å². The topological polar surface area (TPSA) is 105 Å². The zero-order chi connectivity index (χ0) is 22.5. The van der Waals surface area contributed by atoms with Crippen molar-refractivity contribution >= 4 is 33.2 Å². The van der Waals surface area contributed by atoms with E-state index in [0.29, 0.717) is 0 Å². The summed E-state index contributed by atoms with van der Waals surface area (Å²) in [6, 6.07) is 5.91. The van der Waals surface area contributed by atoms with E-state index in [1.807, 2.05) is 29.8 Å². The van der Waals surface area contributed by atoms with Crippen molar-refractivity contribution in [2.75, 3.05) is 23.3 Å². The summed E-state index contributed by atoms with van der Waals surface area (Å²) in [5.74, 6) is -0.801. The van der Waals surface area contributed by atoms with Crippen LogP contribution in [0.1, 0.15) is 52.5 Å². The zero-order valence-electron chi connectivity index (χ0n) is 18.4. The molecule has 168 valence electrons. The molecule has 2 amide bonds. The number of benzene rings is 1. The minimum Gasteiger partial charge on any atom is -0.372 e. The fraction of sp³-hybridized carbons (Fsp3) is 0.619. The lowest BCUT2D eigenvalue weighted by Gasteiger charge is -2.37. The molecule has 2 rings (SSSR count). The summed E-state index contributed by atoms with van der Waals surface area (Å²) in [6.45, 7) is 10.7. The van der Waals surface area contributed by atoms with Gasteiger partial charge in [0.1, 0.15) is 0 Å². The monoisotopic (exact) mass is 439 g/mol. The molecule has 0 aliphatic carbocycles. The third-order valence-corrected chi connectivity index (χ3v) is 6.71. The van der Waals surface area contributed by atoms with Gasteiger partial charge in [-0.05, 0) is 64.8 Å². The van der Waals surface area contributed by atoms with Crippen molar-refractivity contribution in [1.82, 2.24) is 4.72 Å². The van der Waals surface area contributed by atoms with Gasteiger partial charge in [0, 0.05) is 37.3 Å². The van der Waals surface area contributed by atoms with Crippen molar-refractivity contribution in [3.05, 3.63) is 23.8 Å². The van der Waals surface area contributed by atoms with E-state index in [0.717, 1.165) is 30.0 Å². The van der Waals surface area contributed by atoms with Crippen LogP contribution in [0.5, 0.6) is 0 Å². The number of rotatable bonds is 8. The van der Waals surface area contributed by atoms with Crippen LogP contribution in [0.2, 0.25) is 0 Å². The van der Waals surface area contributed by atoms with Crippen molar-refractivity contribution in [3.63, 3.8) is 0 Å². The maximum Gasteiger partial charge on any atom is 0.237 e. The minimum atomic E-state index is -3.63. The van der Waals surface area contributed by atoms with E-state index in [-0.39, 0.29) is 37.4 Å². The van der Waals surface area contributed by atoms with E-state index in [2.05, 4.69) is 24.1 Å². The van der Waals surface area contributed by atoms with Gasteiger partial charge in [0.25, 0.3) is 0 Å². The number of sulfonamides is 1. The van der Waals surface area contributed by atoms with Crippen LogP contribution >= 0.6 is 0 Å². The maximum atomic E-state index is 12.2. The average molecular weight is 440 g/mol. The van der Waals surface area contributed by atoms with Crippen LogP contribution in [-0.2, 0) is 24.3 Å². The third-order valence-electron chi connectivity index (χ3n) is 4.95. The molecule has 1 aromatic carbocycles. The van der Waals surface area contributed by atoms with E-state index >= 15 is 0 Å². The number of carbonyl (C=O) groups excluding carboxylic acids is 2. The number of aryl methyl sites for hydroxylation is 1. The summed E-state index contributed by atoms with van der Waals surface area (Å²) >= 11 is 0. The molecule has 30 heavy (non-hydrogen) atoms. The third kappa shape index (κ3) is 6.98. The molecule has 1 heterocycles. The molecule has 0 bridgehead atoms. The Morgan fingerprint density at radius 1 is 1.13 bits per heavy atom. The van der Waals surface area contributed by atoms with E-state index in [1.54, 1.807) is 0 Å². The van der Waals surface area contributed by atoms with Crippen LogP contribution in [-0.4, -0.2) is 50.8 Å². The molecule has 1 aliphatic rings. The molecule has 0 radical (unpaired) electrons. The van der Waals surface area contributed by atoms with E-state index in [4.69, 9.17) is 4.74 Å². The fourth-order valence-corrected chi connectivity index (χ4v) is 3.98. The van der Waals surface area contributed by atoms with Gasteiger partial charge in [-0.3, -0.25) is 14.3 Å². The predicted octanol–water partition coefficient (Wildman–Crippen LogP) is 2.57. The predicted molar refractivity (Wildman–Crippen MR) is 118 cm³/mol. The Morgan fingerprint density at radius 2 is 1.73 bits per heavy atom. The van der Waals surface area contributed by atoms with Gasteiger partial charge >= 0.3 is 0 Å². The lowest BCUT2D eigenvalue weighted by Crippen LogP contribution is -2.45. The smallest absolute Gasteiger partial charge is 0.237 e. The fourth-order valence-electron chi connectivity index (χ4n) is 3.32. The van der Waals surface area contributed by atoms with Gasteiger partial charge in [-0.1, -0.05) is 0 Å². The van der Waals surface area contributed by atoms with Crippen molar-refractivity contribution in [3.8, 4) is 0 Å². The molecule has 0 saturated carbocycles. The molecule has 0 unspecified atom stereocenters. The highest BCUT2D eigenvalue weighted by Gasteiger charge is 2.23. The van der Waals surface area contributed by atoms with Gasteiger partial charge in [-0.25, -0.2) is 8.42 Å². The molecule has 1 aliphatic heterocycles. The summed E-state index contributed by atoms with van der Waals surface area (Å²) in [5.41, 5.74) is 2.77. The quantitative estimate of drug-likeness (QED) is 0.645. The first kappa shape index (κ1) is 24.1. The second-order valence-corrected chi connectivity index (χ2v) is 10.4. The van der Waals surface area contributed by atoms with Gasteiger partial charge in [0.15, 0.2) is 0 Å². The van der Waals surface area contributed by atoms with Crippen LogP contribution in [0.25, 0.3) is 0 Å². The van der Waals surface area contributed by atoms with Crippen LogP contribution in [0, 0.1) is 6.92 Å². The average Bonchev–Trinajstić information content (AvgIpc) is 2.62. The number of amides is 2. The summed E-state index contributed by atoms with van der Waals surface area (Å²) in [5, 5.41) is 2.19. The number of carbonyl (C=O) groups is 2. The van der Waals surface area contributed by atoms with Crippen molar-refractivity contribution in [2.24, 2.45) is 0 Å². The van der Waals surface area contributed by atoms with Crippen LogP contribution in [0.4, 0.5) is 11.4 Å². The summed E-state index contributed by atoms with van der Waals surface area (Å²) < 4.78 is 31.1. The Kier molecular flexibility index (Phi) is 8.25. The number of nitrogens with zero attached hydrogens (tertiary/aromatic N) is 1. The Balaban J connectivity index is 1.85. The van der Waals surface area contributed by atoms with E-state index in [9.17, 15) is 18.0 Å². The molecule has 9 heteroatoms. The summed E-state index contributed by atoms with van der Waals surface area (Å²) in [7, 11) is -3.63. The number of nitrogens with one attached hydrogen (secondary N) is 2. The molecular formula is C21H33N3O5S. The van der Waals surface area contributed by atoms with Crippen molar-refractivity contribution in [1.29, 1.82) is 0 Å². The normalized spacial score (nSPS) is 19.6. The highest BCUT2D eigenvalue weighted by atomic mass is 32.2. The van der Waals surface area contributed by atoms with Crippen LogP contribution in [0.3, 0.4) is 0 Å². The molecule has 2 N–H and O–H groups in total. The summed E-state index contributed by atoms with van der Waals surface area (Å²) in [6.07, 6.45) is 0.716. The maximum absolute atomic E-state index is 12.2. The second kappa shape index (κ2) is 10.3. The molecule has 0 aromatic heterocycles. The molecule has 1 aromatic rings. The lowest BCUT2D eigenvalue weighted by molar-refractivity contribution is -0.119. The highest BCUT2D eigenvalue weighted by molar-refractivity contribution is 7.90. The van der Waals surface area contributed by atoms with E-state index < -0.39 is 21.2 Å². The van der Waals surface area contributed by atoms with Gasteiger partial charge in [-0.15, -0.1) is 0 Å². The molecule has 2 atom stereocenters. The Hall–Kier alpha value is -2.13. The first-order valence-corrected chi connectivity index (χ1v) is 11.9. The van der Waals surface area contributed by atoms with Crippen molar-refractivity contribution in [2.45, 2.75) is 71.3 Å². The Labute approximate surface area is 179 Å². The Bertz CT molecular complexity index is 859. The SMILES string of the molecule is Cc1cc(N2C[C@@H](C)O[C@@H](C)C2)ccc1NC(=O)CCCC(=O)NS(=O)(=O)C(C)C. The van der Waals surface area contributed by atoms with Crippen molar-refractivity contribution < 1.29 is 22.7 Å². The van der Waals surface area contributed by atoms with Gasteiger partial charge in [-0.2, -0.15) is 0 Å². The number of hydrogen-bond acceptors (Lipinski definition) is 6. The summed E-state index contributed by atoms with van der Waals surface area (Å²) in [4.78, 5) is 26.3. The largest absolute Gasteiger partial charge is 0.372 e. The standard InChI is InChI=1S/C21H33N3O5S/c1-14(2)30(27,28)23-21(26)8-6-7-20(25)22-19-10-9-18(11-15(19)3)24-12-16(4)29-17(5)13-24/h9-11,14,16-17H,6-8,12-13H2,1-5H3,(H,22,25)(H,23,26)/t16-,17+. The highest BCUT2D eigenvalue weighted by Crippen LogP contribution is 2.25. The van der Waals surface area contributed by atoms with E-state index in [1.165, 1.54) is 13.8 Å². The number of hydrogen-bond donors (Lipinski definition) is 2. The van der Waals surface area contributed by atoms with Crippen LogP contribution < -0.4 is 14.9 Å². The van der Waals surface area contributed by atoms with Gasteiger partial charge < -0.3 is 15.0 Å². The molecule has 0 spiro atoms. The number of anilines is 2. The minimum absolute atomic E-state index is 0.0231. The molecule has 1 fully saturated rings.